The molecule has 0 aliphatic heterocycles. The maximum Gasteiger partial charge on any atom is 0.416 e. The molecule has 0 N–H and O–H groups in total. The number of nitrogens with zero attached hydrogens (tertiary/aromatic N) is 1. The summed E-state index contributed by atoms with van der Waals surface area (Å²) >= 11 is 0.760. The van der Waals surface area contributed by atoms with Crippen molar-refractivity contribution in [1.29, 1.82) is 0 Å². The molecule has 0 saturated heterocycles. The summed E-state index contributed by atoms with van der Waals surface area (Å²) in [6.07, 6.45) is -4.44. The fourth-order valence-electron chi connectivity index (χ4n) is 1.34. The standard InChI is InChI=1S/C10H8F3NO2S2/c1-2-18(15,16)9-14-7-4-3-6(10(11,12)13)5-8(7)17-9/h3-5H,2H2,1H3. The van der Waals surface area contributed by atoms with Crippen molar-refractivity contribution < 1.29 is 21.6 Å². The molecule has 0 aliphatic carbocycles. The van der Waals surface area contributed by atoms with Crippen molar-refractivity contribution in [2.24, 2.45) is 0 Å². The van der Waals surface area contributed by atoms with Crippen molar-refractivity contribution in [1.82, 2.24) is 4.98 Å². The number of halogens is 3. The second kappa shape index (κ2) is 4.20. The number of rotatable bonds is 2. The van der Waals surface area contributed by atoms with Crippen LogP contribution in [0.3, 0.4) is 0 Å². The van der Waals surface area contributed by atoms with Gasteiger partial charge in [0, 0.05) is 0 Å². The summed E-state index contributed by atoms with van der Waals surface area (Å²) in [5.74, 6) is -0.126. The maximum atomic E-state index is 12.5. The second-order valence-electron chi connectivity index (χ2n) is 3.56. The average Bonchev–Trinajstić information content (AvgIpc) is 2.71. The molecule has 0 unspecified atom stereocenters. The molecule has 0 aliphatic rings. The van der Waals surface area contributed by atoms with Crippen LogP contribution in [0.2, 0.25) is 0 Å². The molecule has 0 fully saturated rings. The highest BCUT2D eigenvalue weighted by molar-refractivity contribution is 7.93. The molecule has 1 aromatic heterocycles. The number of hydrogen-bond donors (Lipinski definition) is 0. The first-order valence-corrected chi connectivity index (χ1v) is 7.41. The fourth-order valence-corrected chi connectivity index (χ4v) is 3.69. The van der Waals surface area contributed by atoms with Gasteiger partial charge < -0.3 is 0 Å². The van der Waals surface area contributed by atoms with Gasteiger partial charge in [0.2, 0.25) is 14.2 Å². The molecule has 0 saturated carbocycles. The Balaban J connectivity index is 2.60. The predicted molar refractivity (Wildman–Crippen MR) is 62.3 cm³/mol. The van der Waals surface area contributed by atoms with Crippen LogP contribution in [0.4, 0.5) is 13.2 Å². The van der Waals surface area contributed by atoms with Gasteiger partial charge >= 0.3 is 6.18 Å². The summed E-state index contributed by atoms with van der Waals surface area (Å²) in [7, 11) is -3.48. The minimum Gasteiger partial charge on any atom is -0.225 e. The summed E-state index contributed by atoms with van der Waals surface area (Å²) < 4.78 is 60.7. The number of aromatic nitrogens is 1. The summed E-state index contributed by atoms with van der Waals surface area (Å²) in [6.45, 7) is 1.46. The van der Waals surface area contributed by atoms with E-state index < -0.39 is 21.6 Å². The van der Waals surface area contributed by atoms with Crippen LogP contribution < -0.4 is 0 Å². The van der Waals surface area contributed by atoms with Crippen LogP contribution in [0.15, 0.2) is 22.5 Å². The molecule has 8 heteroatoms. The van der Waals surface area contributed by atoms with Gasteiger partial charge in [-0.2, -0.15) is 13.2 Å². The lowest BCUT2D eigenvalue weighted by Gasteiger charge is -2.04. The molecule has 1 aromatic carbocycles. The largest absolute Gasteiger partial charge is 0.416 e. The van der Waals surface area contributed by atoms with E-state index in [2.05, 4.69) is 4.98 Å². The molecule has 0 bridgehead atoms. The number of benzene rings is 1. The molecular weight excluding hydrogens is 287 g/mol. The number of alkyl halides is 3. The first kappa shape index (κ1) is 13.3. The van der Waals surface area contributed by atoms with Crippen molar-refractivity contribution in [3.05, 3.63) is 23.8 Å². The lowest BCUT2D eigenvalue weighted by Crippen LogP contribution is -2.03. The number of hydrogen-bond acceptors (Lipinski definition) is 4. The van der Waals surface area contributed by atoms with E-state index in [-0.39, 0.29) is 20.3 Å². The van der Waals surface area contributed by atoms with Gasteiger partial charge in [-0.3, -0.25) is 0 Å². The monoisotopic (exact) mass is 295 g/mol. The lowest BCUT2D eigenvalue weighted by atomic mass is 10.2. The van der Waals surface area contributed by atoms with Crippen LogP contribution in [0.25, 0.3) is 10.2 Å². The predicted octanol–water partition coefficient (Wildman–Crippen LogP) is 3.11. The zero-order valence-electron chi connectivity index (χ0n) is 9.15. The lowest BCUT2D eigenvalue weighted by molar-refractivity contribution is -0.137. The van der Waals surface area contributed by atoms with E-state index in [1.54, 1.807) is 0 Å². The van der Waals surface area contributed by atoms with Crippen LogP contribution in [0.5, 0.6) is 0 Å². The van der Waals surface area contributed by atoms with E-state index in [1.165, 1.54) is 13.0 Å². The molecular formula is C10H8F3NO2S2. The molecule has 0 radical (unpaired) electrons. The van der Waals surface area contributed by atoms with E-state index in [9.17, 15) is 21.6 Å². The molecule has 0 atom stereocenters. The number of sulfone groups is 1. The maximum absolute atomic E-state index is 12.5. The Morgan fingerprint density at radius 1 is 1.33 bits per heavy atom. The Labute approximate surface area is 105 Å². The highest BCUT2D eigenvalue weighted by atomic mass is 32.2. The highest BCUT2D eigenvalue weighted by Gasteiger charge is 2.31. The van der Waals surface area contributed by atoms with Crippen molar-refractivity contribution in [2.45, 2.75) is 17.4 Å². The minimum atomic E-state index is -4.44. The SMILES string of the molecule is CCS(=O)(=O)c1nc2ccc(C(F)(F)F)cc2s1. The van der Waals surface area contributed by atoms with Gasteiger partial charge in [0.05, 0.1) is 21.5 Å². The molecule has 2 aromatic rings. The van der Waals surface area contributed by atoms with Crippen molar-refractivity contribution in [3.63, 3.8) is 0 Å². The topological polar surface area (TPSA) is 47.0 Å². The molecule has 98 valence electrons. The van der Waals surface area contributed by atoms with E-state index in [0.29, 0.717) is 0 Å². The van der Waals surface area contributed by atoms with Crippen LogP contribution in [-0.2, 0) is 16.0 Å². The van der Waals surface area contributed by atoms with Crippen LogP contribution >= 0.6 is 11.3 Å². The number of thiazole rings is 1. The summed E-state index contributed by atoms with van der Waals surface area (Å²) in [5.41, 5.74) is -0.542. The Hall–Kier alpha value is -1.15. The highest BCUT2D eigenvalue weighted by Crippen LogP contribution is 2.34. The van der Waals surface area contributed by atoms with Gasteiger partial charge in [0.15, 0.2) is 0 Å². The van der Waals surface area contributed by atoms with Crippen molar-refractivity contribution in [2.75, 3.05) is 5.75 Å². The van der Waals surface area contributed by atoms with Gasteiger partial charge in [0.25, 0.3) is 0 Å². The molecule has 18 heavy (non-hydrogen) atoms. The third-order valence-electron chi connectivity index (χ3n) is 2.34. The van der Waals surface area contributed by atoms with E-state index in [4.69, 9.17) is 0 Å². The smallest absolute Gasteiger partial charge is 0.225 e. The molecule has 3 nitrogen and oxygen atoms in total. The van der Waals surface area contributed by atoms with Gasteiger partial charge in [-0.1, -0.05) is 6.92 Å². The van der Waals surface area contributed by atoms with Crippen molar-refractivity contribution >= 4 is 31.4 Å². The van der Waals surface area contributed by atoms with E-state index in [0.717, 1.165) is 23.5 Å². The normalized spacial score (nSPS) is 13.1. The average molecular weight is 295 g/mol. The Morgan fingerprint density at radius 2 is 2.00 bits per heavy atom. The Bertz CT molecular complexity index is 689. The van der Waals surface area contributed by atoms with E-state index >= 15 is 0 Å². The first-order chi connectivity index (χ1) is 8.24. The van der Waals surface area contributed by atoms with Gasteiger partial charge in [-0.05, 0) is 18.2 Å². The summed E-state index contributed by atoms with van der Waals surface area (Å²) in [5, 5.41) is 0. The van der Waals surface area contributed by atoms with E-state index in [1.807, 2.05) is 0 Å². The first-order valence-electron chi connectivity index (χ1n) is 4.94. The van der Waals surface area contributed by atoms with Crippen LogP contribution in [-0.4, -0.2) is 19.2 Å². The Kier molecular flexibility index (Phi) is 3.10. The van der Waals surface area contributed by atoms with Gasteiger partial charge in [-0.25, -0.2) is 13.4 Å². The zero-order chi connectivity index (χ0) is 13.6. The number of fused-ring (bicyclic) bond motifs is 1. The van der Waals surface area contributed by atoms with Crippen LogP contribution in [0, 0.1) is 0 Å². The van der Waals surface area contributed by atoms with Crippen LogP contribution in [0.1, 0.15) is 12.5 Å². The molecule has 0 spiro atoms. The van der Waals surface area contributed by atoms with Gasteiger partial charge in [0.1, 0.15) is 0 Å². The minimum absolute atomic E-state index is 0.126. The quantitative estimate of drug-likeness (QED) is 0.855. The van der Waals surface area contributed by atoms with Crippen molar-refractivity contribution in [3.8, 4) is 0 Å². The molecule has 2 rings (SSSR count). The third kappa shape index (κ3) is 2.35. The second-order valence-corrected chi connectivity index (χ2v) is 7.05. The zero-order valence-corrected chi connectivity index (χ0v) is 10.8. The van der Waals surface area contributed by atoms with Gasteiger partial charge in [-0.15, -0.1) is 11.3 Å². The molecule has 1 heterocycles. The third-order valence-corrected chi connectivity index (χ3v) is 5.55. The summed E-state index contributed by atoms with van der Waals surface area (Å²) in [4.78, 5) is 3.84. The molecule has 0 amide bonds. The summed E-state index contributed by atoms with van der Waals surface area (Å²) in [6, 6.07) is 3.00. The Morgan fingerprint density at radius 3 is 2.56 bits per heavy atom. The fraction of sp³-hybridized carbons (Fsp3) is 0.300.